The Balaban J connectivity index is 1.69. The van der Waals surface area contributed by atoms with Gasteiger partial charge >= 0.3 is 12.6 Å². The number of carboxylic acid groups (broad SMARTS) is 1. The molecule has 1 aromatic carbocycles. The van der Waals surface area contributed by atoms with Gasteiger partial charge in [-0.1, -0.05) is 18.2 Å². The van der Waals surface area contributed by atoms with Crippen molar-refractivity contribution in [2.24, 2.45) is 5.92 Å². The van der Waals surface area contributed by atoms with Gasteiger partial charge in [-0.3, -0.25) is 14.5 Å². The molecule has 2 saturated heterocycles. The number of piperidine rings is 1. The second-order valence-corrected chi connectivity index (χ2v) is 6.91. The van der Waals surface area contributed by atoms with Crippen molar-refractivity contribution in [3.63, 3.8) is 0 Å². The lowest BCUT2D eigenvalue weighted by Crippen LogP contribution is -2.55. The fourth-order valence-electron chi connectivity index (χ4n) is 4.17. The van der Waals surface area contributed by atoms with E-state index in [2.05, 4.69) is 9.64 Å². The summed E-state index contributed by atoms with van der Waals surface area (Å²) in [5, 5.41) is 9.51. The third-order valence-electron chi connectivity index (χ3n) is 5.67. The summed E-state index contributed by atoms with van der Waals surface area (Å²) in [5.74, 6) is -1.62. The molecular formula is C18H22F2N2O4. The Kier molecular flexibility index (Phi) is 5.13. The molecule has 142 valence electrons. The number of aliphatic carboxylic acids is 1. The smallest absolute Gasteiger partial charge is 0.387 e. The molecule has 2 heterocycles. The number of ether oxygens (including phenoxy) is 1. The molecule has 2 fully saturated rings. The summed E-state index contributed by atoms with van der Waals surface area (Å²) in [6.07, 6.45) is 1.13. The number of halogens is 2. The number of amides is 1. The number of carboxylic acids is 1. The van der Waals surface area contributed by atoms with Gasteiger partial charge in [0.25, 0.3) is 0 Å². The quantitative estimate of drug-likeness (QED) is 0.863. The number of alkyl halides is 2. The fraction of sp³-hybridized carbons (Fsp3) is 0.556. The highest BCUT2D eigenvalue weighted by atomic mass is 19.3. The van der Waals surface area contributed by atoms with E-state index in [1.807, 2.05) is 0 Å². The molecule has 6 nitrogen and oxygen atoms in total. The van der Waals surface area contributed by atoms with Crippen molar-refractivity contribution in [1.82, 2.24) is 9.80 Å². The molecule has 0 bridgehead atoms. The van der Waals surface area contributed by atoms with Crippen LogP contribution in [-0.4, -0.2) is 59.1 Å². The molecule has 1 aromatic rings. The van der Waals surface area contributed by atoms with Gasteiger partial charge in [-0.25, -0.2) is 0 Å². The largest absolute Gasteiger partial charge is 0.481 e. The Morgan fingerprint density at radius 1 is 1.35 bits per heavy atom. The number of hydrogen-bond acceptors (Lipinski definition) is 4. The summed E-state index contributed by atoms with van der Waals surface area (Å²) in [6, 6.07) is 6.66. The van der Waals surface area contributed by atoms with Gasteiger partial charge in [0, 0.05) is 38.7 Å². The third-order valence-corrected chi connectivity index (χ3v) is 5.67. The SMILES string of the molecule is CN1C(=O)CC(C(=O)O)C12CCN(Cc1ccccc1OC(F)F)CC2. The van der Waals surface area contributed by atoms with Crippen LogP contribution in [0.5, 0.6) is 5.75 Å². The minimum atomic E-state index is -2.88. The van der Waals surface area contributed by atoms with Gasteiger partial charge in [0.05, 0.1) is 11.5 Å². The van der Waals surface area contributed by atoms with Gasteiger partial charge in [-0.05, 0) is 18.9 Å². The predicted octanol–water partition coefficient (Wildman–Crippen LogP) is 2.19. The third kappa shape index (κ3) is 3.38. The second-order valence-electron chi connectivity index (χ2n) is 6.91. The average Bonchev–Trinajstić information content (AvgIpc) is 2.84. The zero-order valence-corrected chi connectivity index (χ0v) is 14.5. The highest BCUT2D eigenvalue weighted by molar-refractivity contribution is 5.88. The van der Waals surface area contributed by atoms with Crippen LogP contribution in [0.25, 0.3) is 0 Å². The number of nitrogens with zero attached hydrogens (tertiary/aromatic N) is 2. The van der Waals surface area contributed by atoms with Crippen molar-refractivity contribution in [3.05, 3.63) is 29.8 Å². The summed E-state index contributed by atoms with van der Waals surface area (Å²) in [5.41, 5.74) is 0.00711. The molecule has 2 aliphatic heterocycles. The van der Waals surface area contributed by atoms with Crippen LogP contribution >= 0.6 is 0 Å². The number of likely N-dealkylation sites (tertiary alicyclic amines) is 2. The number of benzene rings is 1. The van der Waals surface area contributed by atoms with Crippen molar-refractivity contribution < 1.29 is 28.2 Å². The molecular weight excluding hydrogens is 346 g/mol. The second kappa shape index (κ2) is 7.19. The van der Waals surface area contributed by atoms with Gasteiger partial charge in [0.1, 0.15) is 5.75 Å². The molecule has 0 saturated carbocycles. The predicted molar refractivity (Wildman–Crippen MR) is 88.8 cm³/mol. The highest BCUT2D eigenvalue weighted by Crippen LogP contribution is 2.43. The maximum Gasteiger partial charge on any atom is 0.387 e. The van der Waals surface area contributed by atoms with E-state index in [9.17, 15) is 23.5 Å². The van der Waals surface area contributed by atoms with E-state index in [1.54, 1.807) is 30.1 Å². The van der Waals surface area contributed by atoms with Crippen LogP contribution in [0.15, 0.2) is 24.3 Å². The Morgan fingerprint density at radius 3 is 2.62 bits per heavy atom. The Labute approximate surface area is 150 Å². The van der Waals surface area contributed by atoms with E-state index < -0.39 is 24.0 Å². The molecule has 1 spiro atoms. The molecule has 2 aliphatic rings. The van der Waals surface area contributed by atoms with E-state index in [-0.39, 0.29) is 18.1 Å². The van der Waals surface area contributed by atoms with E-state index in [4.69, 9.17) is 0 Å². The Morgan fingerprint density at radius 2 is 2.00 bits per heavy atom. The van der Waals surface area contributed by atoms with Gasteiger partial charge in [0.15, 0.2) is 0 Å². The normalized spacial score (nSPS) is 23.0. The summed E-state index contributed by atoms with van der Waals surface area (Å²) < 4.78 is 29.7. The monoisotopic (exact) mass is 368 g/mol. The molecule has 8 heteroatoms. The molecule has 1 atom stereocenters. The number of carbonyl (C=O) groups excluding carboxylic acids is 1. The summed E-state index contributed by atoms with van der Waals surface area (Å²) in [7, 11) is 1.67. The van der Waals surface area contributed by atoms with Crippen LogP contribution in [0.1, 0.15) is 24.8 Å². The molecule has 1 unspecified atom stereocenters. The standard InChI is InChI=1S/C18H22F2N2O4/c1-21-15(23)10-13(16(24)25)18(21)6-8-22(9-7-18)11-12-4-2-3-5-14(12)26-17(19)20/h2-5,13,17H,6-11H2,1H3,(H,24,25). The van der Waals surface area contributed by atoms with Crippen LogP contribution in [0, 0.1) is 5.92 Å². The van der Waals surface area contributed by atoms with Crippen molar-refractivity contribution in [2.75, 3.05) is 20.1 Å². The zero-order chi connectivity index (χ0) is 18.9. The van der Waals surface area contributed by atoms with Crippen LogP contribution in [0.2, 0.25) is 0 Å². The number of hydrogen-bond donors (Lipinski definition) is 1. The van der Waals surface area contributed by atoms with Crippen molar-refractivity contribution >= 4 is 11.9 Å². The van der Waals surface area contributed by atoms with Crippen LogP contribution in [-0.2, 0) is 16.1 Å². The molecule has 1 N–H and O–H groups in total. The highest BCUT2D eigenvalue weighted by Gasteiger charge is 2.55. The first-order chi connectivity index (χ1) is 12.3. The molecule has 0 aliphatic carbocycles. The summed E-state index contributed by atoms with van der Waals surface area (Å²) >= 11 is 0. The Hall–Kier alpha value is -2.22. The van der Waals surface area contributed by atoms with Crippen molar-refractivity contribution in [2.45, 2.75) is 38.0 Å². The summed E-state index contributed by atoms with van der Waals surface area (Å²) in [4.78, 5) is 27.3. The molecule has 0 aromatic heterocycles. The summed E-state index contributed by atoms with van der Waals surface area (Å²) in [6.45, 7) is -1.27. The minimum Gasteiger partial charge on any atom is -0.481 e. The van der Waals surface area contributed by atoms with E-state index >= 15 is 0 Å². The molecule has 3 rings (SSSR count). The first kappa shape index (κ1) is 18.6. The fourth-order valence-corrected chi connectivity index (χ4v) is 4.17. The maximum absolute atomic E-state index is 12.5. The molecule has 1 amide bonds. The lowest BCUT2D eigenvalue weighted by atomic mass is 9.77. The first-order valence-electron chi connectivity index (χ1n) is 8.58. The average molecular weight is 368 g/mol. The van der Waals surface area contributed by atoms with Gasteiger partial charge in [-0.2, -0.15) is 8.78 Å². The zero-order valence-electron chi connectivity index (χ0n) is 14.5. The lowest BCUT2D eigenvalue weighted by molar-refractivity contribution is -0.146. The van der Waals surface area contributed by atoms with E-state index in [1.165, 1.54) is 6.07 Å². The van der Waals surface area contributed by atoms with E-state index in [0.717, 1.165) is 0 Å². The van der Waals surface area contributed by atoms with Gasteiger partial charge in [0.2, 0.25) is 5.91 Å². The topological polar surface area (TPSA) is 70.1 Å². The first-order valence-corrected chi connectivity index (χ1v) is 8.58. The van der Waals surface area contributed by atoms with E-state index in [0.29, 0.717) is 38.0 Å². The number of carbonyl (C=O) groups is 2. The van der Waals surface area contributed by atoms with Crippen molar-refractivity contribution in [1.29, 1.82) is 0 Å². The number of para-hydroxylation sites is 1. The van der Waals surface area contributed by atoms with Crippen LogP contribution in [0.3, 0.4) is 0 Å². The lowest BCUT2D eigenvalue weighted by Gasteiger charge is -2.45. The molecule has 26 heavy (non-hydrogen) atoms. The maximum atomic E-state index is 12.5. The van der Waals surface area contributed by atoms with Crippen LogP contribution in [0.4, 0.5) is 8.78 Å². The Bertz CT molecular complexity index is 690. The van der Waals surface area contributed by atoms with Gasteiger partial charge in [-0.15, -0.1) is 0 Å². The number of rotatable bonds is 5. The molecule has 0 radical (unpaired) electrons. The van der Waals surface area contributed by atoms with Crippen molar-refractivity contribution in [3.8, 4) is 5.75 Å². The van der Waals surface area contributed by atoms with Crippen LogP contribution < -0.4 is 4.74 Å². The van der Waals surface area contributed by atoms with Gasteiger partial charge < -0.3 is 14.7 Å². The minimum absolute atomic E-state index is 0.0386.